The average molecular weight is 380 g/mol. The maximum absolute atomic E-state index is 6.19. The molecule has 24 heavy (non-hydrogen) atoms. The number of nitrogens with zero attached hydrogens (tertiary/aromatic N) is 1. The first-order valence-electron chi connectivity index (χ1n) is 8.00. The van der Waals surface area contributed by atoms with E-state index in [9.17, 15) is 0 Å². The van der Waals surface area contributed by atoms with E-state index in [4.69, 9.17) is 35.4 Å². The van der Waals surface area contributed by atoms with Crippen molar-refractivity contribution in [2.75, 3.05) is 11.9 Å². The first kappa shape index (κ1) is 17.5. The lowest BCUT2D eigenvalue weighted by molar-refractivity contribution is 0.435. The Labute approximate surface area is 157 Å². The van der Waals surface area contributed by atoms with Crippen LogP contribution in [-0.4, -0.2) is 16.6 Å². The third kappa shape index (κ3) is 4.18. The molecule has 0 atom stereocenters. The molecule has 1 aliphatic rings. The van der Waals surface area contributed by atoms with E-state index in [0.29, 0.717) is 16.0 Å². The number of halogens is 2. The third-order valence-electron chi connectivity index (χ3n) is 4.55. The third-order valence-corrected chi connectivity index (χ3v) is 5.26. The van der Waals surface area contributed by atoms with Gasteiger partial charge in [0.2, 0.25) is 0 Å². The molecule has 1 aromatic heterocycles. The summed E-state index contributed by atoms with van der Waals surface area (Å²) in [6, 6.07) is 11.8. The standard InChI is InChI=1S/C18H19Cl2N3S/c19-14-5-3-4-13(10-14)18(8-1-2-9-18)12-22-17(24)23-16-7-6-15(20)11-21-16/h3-7,10-11H,1-2,8-9,12H2,(H2,21,22,23,24). The van der Waals surface area contributed by atoms with Crippen LogP contribution in [0.5, 0.6) is 0 Å². The fourth-order valence-corrected chi connectivity index (χ4v) is 3.78. The fraction of sp³-hybridized carbons (Fsp3) is 0.333. The van der Waals surface area contributed by atoms with Crippen LogP contribution >= 0.6 is 35.4 Å². The highest BCUT2D eigenvalue weighted by Gasteiger charge is 2.35. The number of rotatable bonds is 4. The maximum atomic E-state index is 6.19. The number of aromatic nitrogens is 1. The van der Waals surface area contributed by atoms with Gasteiger partial charge in [-0.15, -0.1) is 0 Å². The second kappa shape index (κ2) is 7.68. The number of anilines is 1. The van der Waals surface area contributed by atoms with E-state index in [1.54, 1.807) is 18.3 Å². The van der Waals surface area contributed by atoms with Gasteiger partial charge in [-0.1, -0.05) is 48.2 Å². The fourth-order valence-electron chi connectivity index (χ4n) is 3.30. The molecule has 6 heteroatoms. The Morgan fingerprint density at radius 3 is 2.58 bits per heavy atom. The van der Waals surface area contributed by atoms with E-state index in [1.807, 2.05) is 12.1 Å². The first-order valence-corrected chi connectivity index (χ1v) is 9.16. The Morgan fingerprint density at radius 1 is 1.12 bits per heavy atom. The number of thiocarbonyl (C=S) groups is 1. The Hall–Kier alpha value is -1.36. The normalized spacial score (nSPS) is 15.9. The van der Waals surface area contributed by atoms with Crippen molar-refractivity contribution in [2.24, 2.45) is 0 Å². The number of hydrogen-bond acceptors (Lipinski definition) is 2. The minimum absolute atomic E-state index is 0.0874. The van der Waals surface area contributed by atoms with Crippen molar-refractivity contribution in [3.05, 3.63) is 58.2 Å². The smallest absolute Gasteiger partial charge is 0.171 e. The van der Waals surface area contributed by atoms with Crippen molar-refractivity contribution in [3.8, 4) is 0 Å². The van der Waals surface area contributed by atoms with Crippen LogP contribution in [-0.2, 0) is 5.41 Å². The lowest BCUT2D eigenvalue weighted by Gasteiger charge is -2.30. The lowest BCUT2D eigenvalue weighted by Crippen LogP contribution is -2.40. The van der Waals surface area contributed by atoms with Crippen LogP contribution < -0.4 is 10.6 Å². The predicted molar refractivity (Wildman–Crippen MR) is 105 cm³/mol. The number of hydrogen-bond donors (Lipinski definition) is 2. The summed E-state index contributed by atoms with van der Waals surface area (Å²) in [5.74, 6) is 0.681. The largest absolute Gasteiger partial charge is 0.362 e. The summed E-state index contributed by atoms with van der Waals surface area (Å²) < 4.78 is 0. The van der Waals surface area contributed by atoms with Crippen LogP contribution in [0.25, 0.3) is 0 Å². The topological polar surface area (TPSA) is 37.0 Å². The van der Waals surface area contributed by atoms with Crippen LogP contribution in [0.4, 0.5) is 5.82 Å². The van der Waals surface area contributed by atoms with Gasteiger partial charge in [-0.2, -0.15) is 0 Å². The highest BCUT2D eigenvalue weighted by Crippen LogP contribution is 2.41. The SMILES string of the molecule is S=C(NCC1(c2cccc(Cl)c2)CCCC1)Nc1ccc(Cl)cn1. The van der Waals surface area contributed by atoms with Gasteiger partial charge in [-0.3, -0.25) is 0 Å². The van der Waals surface area contributed by atoms with E-state index in [1.165, 1.54) is 18.4 Å². The first-order chi connectivity index (χ1) is 11.6. The summed E-state index contributed by atoms with van der Waals surface area (Å²) >= 11 is 17.4. The van der Waals surface area contributed by atoms with E-state index in [0.717, 1.165) is 24.4 Å². The van der Waals surface area contributed by atoms with Crippen molar-refractivity contribution >= 4 is 46.4 Å². The molecule has 0 spiro atoms. The predicted octanol–water partition coefficient (Wildman–Crippen LogP) is 5.19. The van der Waals surface area contributed by atoms with E-state index < -0.39 is 0 Å². The lowest BCUT2D eigenvalue weighted by atomic mass is 9.79. The van der Waals surface area contributed by atoms with Gasteiger partial charge in [0.25, 0.3) is 0 Å². The van der Waals surface area contributed by atoms with Gasteiger partial charge >= 0.3 is 0 Å². The summed E-state index contributed by atoms with van der Waals surface area (Å²) in [7, 11) is 0. The molecule has 3 rings (SSSR count). The zero-order valence-corrected chi connectivity index (χ0v) is 15.5. The van der Waals surface area contributed by atoms with Gasteiger partial charge < -0.3 is 10.6 Å². The van der Waals surface area contributed by atoms with E-state index in [-0.39, 0.29) is 5.41 Å². The van der Waals surface area contributed by atoms with Crippen molar-refractivity contribution in [2.45, 2.75) is 31.1 Å². The second-order valence-corrected chi connectivity index (χ2v) is 7.45. The number of benzene rings is 1. The van der Waals surface area contributed by atoms with Crippen molar-refractivity contribution in [1.82, 2.24) is 10.3 Å². The summed E-state index contributed by atoms with van der Waals surface area (Å²) in [5, 5.41) is 8.40. The molecule has 1 heterocycles. The van der Waals surface area contributed by atoms with Crippen LogP contribution in [0.15, 0.2) is 42.6 Å². The summed E-state index contributed by atoms with van der Waals surface area (Å²) in [6.45, 7) is 0.784. The molecule has 0 amide bonds. The second-order valence-electron chi connectivity index (χ2n) is 6.17. The van der Waals surface area contributed by atoms with Crippen molar-refractivity contribution in [3.63, 3.8) is 0 Å². The van der Waals surface area contributed by atoms with E-state index in [2.05, 4.69) is 27.8 Å². The van der Waals surface area contributed by atoms with Gasteiger partial charge in [-0.05, 0) is 54.9 Å². The Morgan fingerprint density at radius 2 is 1.92 bits per heavy atom. The minimum Gasteiger partial charge on any atom is -0.362 e. The van der Waals surface area contributed by atoms with E-state index >= 15 is 0 Å². The number of pyridine rings is 1. The van der Waals surface area contributed by atoms with Gasteiger partial charge in [0, 0.05) is 23.2 Å². The Kier molecular flexibility index (Phi) is 5.59. The summed E-state index contributed by atoms with van der Waals surface area (Å²) in [5.41, 5.74) is 1.37. The monoisotopic (exact) mass is 379 g/mol. The zero-order valence-electron chi connectivity index (χ0n) is 13.2. The molecule has 126 valence electrons. The van der Waals surface area contributed by atoms with Crippen molar-refractivity contribution in [1.29, 1.82) is 0 Å². The van der Waals surface area contributed by atoms with Crippen LogP contribution in [0.2, 0.25) is 10.0 Å². The van der Waals surface area contributed by atoms with Gasteiger partial charge in [0.05, 0.1) is 5.02 Å². The quantitative estimate of drug-likeness (QED) is 0.716. The highest BCUT2D eigenvalue weighted by atomic mass is 35.5. The molecule has 1 aliphatic carbocycles. The molecule has 3 nitrogen and oxygen atoms in total. The highest BCUT2D eigenvalue weighted by molar-refractivity contribution is 7.80. The van der Waals surface area contributed by atoms with Gasteiger partial charge in [0.1, 0.15) is 5.82 Å². The molecule has 1 aromatic carbocycles. The molecule has 0 bridgehead atoms. The minimum atomic E-state index is 0.0874. The molecule has 0 radical (unpaired) electrons. The van der Waals surface area contributed by atoms with Crippen LogP contribution in [0, 0.1) is 0 Å². The molecule has 0 aliphatic heterocycles. The molecular weight excluding hydrogens is 361 g/mol. The molecule has 2 aromatic rings. The molecule has 1 fully saturated rings. The van der Waals surface area contributed by atoms with Crippen molar-refractivity contribution < 1.29 is 0 Å². The Balaban J connectivity index is 1.66. The maximum Gasteiger partial charge on any atom is 0.171 e. The molecule has 0 saturated heterocycles. The average Bonchev–Trinajstić information content (AvgIpc) is 3.05. The van der Waals surface area contributed by atoms with Crippen LogP contribution in [0.1, 0.15) is 31.2 Å². The van der Waals surface area contributed by atoms with Gasteiger partial charge in [-0.25, -0.2) is 4.98 Å². The summed E-state index contributed by atoms with van der Waals surface area (Å²) in [4.78, 5) is 4.20. The molecule has 0 unspecified atom stereocenters. The number of nitrogens with one attached hydrogen (secondary N) is 2. The molecule has 2 N–H and O–H groups in total. The van der Waals surface area contributed by atoms with Gasteiger partial charge in [0.15, 0.2) is 5.11 Å². The van der Waals surface area contributed by atoms with Crippen LogP contribution in [0.3, 0.4) is 0 Å². The summed E-state index contributed by atoms with van der Waals surface area (Å²) in [6.07, 6.45) is 6.33. The molecule has 1 saturated carbocycles. The molecular formula is C18H19Cl2N3S. The zero-order chi connectivity index (χ0) is 17.0. The Bertz CT molecular complexity index is 712.